The van der Waals surface area contributed by atoms with Crippen molar-refractivity contribution in [2.75, 3.05) is 7.11 Å². The molecule has 0 aliphatic heterocycles. The zero-order valence-electron chi connectivity index (χ0n) is 11.0. The number of amides is 2. The number of nitrogens with zero attached hydrogens (tertiary/aromatic N) is 2. The Kier molecular flexibility index (Phi) is 3.79. The quantitative estimate of drug-likeness (QED) is 0.866. The summed E-state index contributed by atoms with van der Waals surface area (Å²) in [5, 5.41) is 2.41. The van der Waals surface area contributed by atoms with Crippen molar-refractivity contribution < 1.29 is 14.3 Å². The number of alkyl carbamates (subject to hydrolysis) is 1. The van der Waals surface area contributed by atoms with Gasteiger partial charge in [-0.05, 0) is 19.1 Å². The number of aromatic nitrogens is 2. The second-order valence-electron chi connectivity index (χ2n) is 4.11. The van der Waals surface area contributed by atoms with Crippen molar-refractivity contribution >= 4 is 22.9 Å². The van der Waals surface area contributed by atoms with E-state index in [-0.39, 0.29) is 12.1 Å². The minimum absolute atomic E-state index is 0.294. The van der Waals surface area contributed by atoms with E-state index in [9.17, 15) is 14.4 Å². The number of carbonyl (C=O) groups excluding carboxylic acids is 2. The van der Waals surface area contributed by atoms with Gasteiger partial charge < -0.3 is 4.74 Å². The van der Waals surface area contributed by atoms with Crippen molar-refractivity contribution in [1.29, 1.82) is 0 Å². The molecule has 104 valence electrons. The van der Waals surface area contributed by atoms with Crippen molar-refractivity contribution in [3.05, 3.63) is 40.4 Å². The molecule has 0 atom stereocenters. The first-order valence-electron chi connectivity index (χ1n) is 5.87. The van der Waals surface area contributed by atoms with E-state index in [1.54, 1.807) is 31.2 Å². The van der Waals surface area contributed by atoms with E-state index in [1.165, 1.54) is 4.57 Å². The average molecular weight is 275 g/mol. The molecule has 2 rings (SSSR count). The number of methoxy groups -OCH3 is 1. The predicted octanol–water partition coefficient (Wildman–Crippen LogP) is 0.588. The smallest absolute Gasteiger partial charge is 0.413 e. The number of aryl methyl sites for hydroxylation is 1. The highest BCUT2D eigenvalue weighted by atomic mass is 16.5. The Morgan fingerprint density at radius 3 is 2.75 bits per heavy atom. The fraction of sp³-hybridized carbons (Fsp3) is 0.231. The standard InChI is InChI=1S/C13H13N3O4/c1-8-14-10-6-4-3-5-9(10)12(18)16(8)7-11(17)15-13(19)20-2/h3-6H,7H2,1-2H3,(H,15,17,19). The van der Waals surface area contributed by atoms with Gasteiger partial charge in [0.1, 0.15) is 12.4 Å². The maximum Gasteiger partial charge on any atom is 0.413 e. The maximum atomic E-state index is 12.3. The number of imide groups is 1. The van der Waals surface area contributed by atoms with E-state index in [0.29, 0.717) is 16.7 Å². The largest absolute Gasteiger partial charge is 0.453 e. The monoisotopic (exact) mass is 275 g/mol. The van der Waals surface area contributed by atoms with Crippen LogP contribution < -0.4 is 10.9 Å². The van der Waals surface area contributed by atoms with E-state index in [2.05, 4.69) is 9.72 Å². The fourth-order valence-corrected chi connectivity index (χ4v) is 1.81. The molecule has 7 nitrogen and oxygen atoms in total. The maximum absolute atomic E-state index is 12.3. The Bertz CT molecular complexity index is 736. The normalized spacial score (nSPS) is 10.3. The van der Waals surface area contributed by atoms with Crippen LogP contribution >= 0.6 is 0 Å². The Hall–Kier alpha value is -2.70. The summed E-state index contributed by atoms with van der Waals surface area (Å²) in [6.07, 6.45) is -0.866. The molecule has 0 saturated carbocycles. The summed E-state index contributed by atoms with van der Waals surface area (Å²) in [5.74, 6) is -0.243. The fourth-order valence-electron chi connectivity index (χ4n) is 1.81. The van der Waals surface area contributed by atoms with Crippen LogP contribution in [0.25, 0.3) is 10.9 Å². The third kappa shape index (κ3) is 2.66. The van der Waals surface area contributed by atoms with Crippen LogP contribution in [0, 0.1) is 6.92 Å². The topological polar surface area (TPSA) is 90.3 Å². The van der Waals surface area contributed by atoms with E-state index in [0.717, 1.165) is 7.11 Å². The van der Waals surface area contributed by atoms with E-state index in [4.69, 9.17) is 0 Å². The van der Waals surface area contributed by atoms with Gasteiger partial charge >= 0.3 is 6.09 Å². The van der Waals surface area contributed by atoms with Gasteiger partial charge in [-0.25, -0.2) is 9.78 Å². The Balaban J connectivity index is 2.37. The van der Waals surface area contributed by atoms with Gasteiger partial charge in [-0.1, -0.05) is 12.1 Å². The summed E-state index contributed by atoms with van der Waals surface area (Å²) in [5.41, 5.74) is 0.243. The van der Waals surface area contributed by atoms with Crippen molar-refractivity contribution in [1.82, 2.24) is 14.9 Å². The van der Waals surface area contributed by atoms with Gasteiger partial charge in [0.05, 0.1) is 18.0 Å². The minimum atomic E-state index is -0.866. The molecule has 0 aliphatic carbocycles. The Morgan fingerprint density at radius 2 is 2.05 bits per heavy atom. The molecule has 0 radical (unpaired) electrons. The molecule has 7 heteroatoms. The van der Waals surface area contributed by atoms with E-state index < -0.39 is 12.0 Å². The van der Waals surface area contributed by atoms with Crippen LogP contribution in [-0.4, -0.2) is 28.7 Å². The Labute approximate surface area is 114 Å². The Morgan fingerprint density at radius 1 is 1.35 bits per heavy atom. The highest BCUT2D eigenvalue weighted by Crippen LogP contribution is 2.07. The van der Waals surface area contributed by atoms with Gasteiger partial charge in [-0.3, -0.25) is 19.5 Å². The number of benzene rings is 1. The molecule has 0 fully saturated rings. The number of rotatable bonds is 2. The number of carbonyl (C=O) groups is 2. The molecule has 1 heterocycles. The highest BCUT2D eigenvalue weighted by molar-refractivity contribution is 5.91. The van der Waals surface area contributed by atoms with Gasteiger partial charge in [0.2, 0.25) is 5.91 Å². The van der Waals surface area contributed by atoms with Crippen molar-refractivity contribution in [2.45, 2.75) is 13.5 Å². The van der Waals surface area contributed by atoms with E-state index >= 15 is 0 Å². The summed E-state index contributed by atoms with van der Waals surface area (Å²) in [6, 6.07) is 6.86. The first-order chi connectivity index (χ1) is 9.52. The minimum Gasteiger partial charge on any atom is -0.453 e. The van der Waals surface area contributed by atoms with Gasteiger partial charge in [0.15, 0.2) is 0 Å². The molecular weight excluding hydrogens is 262 g/mol. The predicted molar refractivity (Wildman–Crippen MR) is 71.3 cm³/mol. The number of hydrogen-bond acceptors (Lipinski definition) is 5. The third-order valence-corrected chi connectivity index (χ3v) is 2.78. The zero-order valence-corrected chi connectivity index (χ0v) is 11.0. The molecule has 0 spiro atoms. The highest BCUT2D eigenvalue weighted by Gasteiger charge is 2.13. The first kappa shape index (κ1) is 13.7. The average Bonchev–Trinajstić information content (AvgIpc) is 2.43. The lowest BCUT2D eigenvalue weighted by atomic mass is 10.2. The van der Waals surface area contributed by atoms with Crippen molar-refractivity contribution in [3.8, 4) is 0 Å². The number of para-hydroxylation sites is 1. The summed E-state index contributed by atoms with van der Waals surface area (Å²) in [6.45, 7) is 1.33. The number of hydrogen-bond donors (Lipinski definition) is 1. The first-order valence-corrected chi connectivity index (χ1v) is 5.87. The van der Waals surface area contributed by atoms with Crippen LogP contribution in [0.5, 0.6) is 0 Å². The lowest BCUT2D eigenvalue weighted by Crippen LogP contribution is -2.37. The molecule has 0 unspecified atom stereocenters. The second kappa shape index (κ2) is 5.52. The molecule has 1 aromatic heterocycles. The second-order valence-corrected chi connectivity index (χ2v) is 4.11. The summed E-state index contributed by atoms with van der Waals surface area (Å²) < 4.78 is 5.52. The number of nitrogens with one attached hydrogen (secondary N) is 1. The molecule has 1 N–H and O–H groups in total. The zero-order chi connectivity index (χ0) is 14.7. The van der Waals surface area contributed by atoms with Crippen LogP contribution in [0.15, 0.2) is 29.1 Å². The molecule has 0 bridgehead atoms. The summed E-state index contributed by atoms with van der Waals surface area (Å²) in [7, 11) is 1.15. The third-order valence-electron chi connectivity index (χ3n) is 2.78. The lowest BCUT2D eigenvalue weighted by Gasteiger charge is -2.10. The van der Waals surface area contributed by atoms with Crippen molar-refractivity contribution in [3.63, 3.8) is 0 Å². The summed E-state index contributed by atoms with van der Waals surface area (Å²) >= 11 is 0. The molecule has 0 aliphatic rings. The molecule has 0 saturated heterocycles. The molecule has 20 heavy (non-hydrogen) atoms. The van der Waals surface area contributed by atoms with Crippen LogP contribution in [0.2, 0.25) is 0 Å². The SMILES string of the molecule is COC(=O)NC(=O)Cn1c(C)nc2ccccc2c1=O. The van der Waals surface area contributed by atoms with E-state index in [1.807, 2.05) is 5.32 Å². The molecular formula is C13H13N3O4. The van der Waals surface area contributed by atoms with Gasteiger partial charge in [0, 0.05) is 0 Å². The van der Waals surface area contributed by atoms with Crippen LogP contribution in [-0.2, 0) is 16.1 Å². The van der Waals surface area contributed by atoms with Crippen molar-refractivity contribution in [2.24, 2.45) is 0 Å². The molecule has 2 amide bonds. The van der Waals surface area contributed by atoms with Crippen LogP contribution in [0.4, 0.5) is 4.79 Å². The molecule has 1 aromatic carbocycles. The number of fused-ring (bicyclic) bond motifs is 1. The number of ether oxygens (including phenoxy) is 1. The van der Waals surface area contributed by atoms with Gasteiger partial charge in [-0.2, -0.15) is 0 Å². The van der Waals surface area contributed by atoms with Crippen LogP contribution in [0.1, 0.15) is 5.82 Å². The van der Waals surface area contributed by atoms with Gasteiger partial charge in [0.25, 0.3) is 5.56 Å². The van der Waals surface area contributed by atoms with Gasteiger partial charge in [-0.15, -0.1) is 0 Å². The van der Waals surface area contributed by atoms with Crippen LogP contribution in [0.3, 0.4) is 0 Å². The molecule has 2 aromatic rings. The lowest BCUT2D eigenvalue weighted by molar-refractivity contribution is -0.121. The summed E-state index contributed by atoms with van der Waals surface area (Å²) in [4.78, 5) is 39.1.